The van der Waals surface area contributed by atoms with Gasteiger partial charge in [-0.3, -0.25) is 4.98 Å². The first-order chi connectivity index (χ1) is 12.5. The molecule has 1 heterocycles. The van der Waals surface area contributed by atoms with Crippen molar-refractivity contribution in [3.63, 3.8) is 0 Å². The molecule has 5 heteroatoms. The molecule has 0 saturated heterocycles. The lowest BCUT2D eigenvalue weighted by Gasteiger charge is -2.20. The second-order valence-corrected chi connectivity index (χ2v) is 6.80. The zero-order chi connectivity index (χ0) is 18.7. The molecule has 0 amide bonds. The fourth-order valence-electron chi connectivity index (χ4n) is 3.08. The molecule has 0 unspecified atom stereocenters. The number of aromatic nitrogens is 1. The van der Waals surface area contributed by atoms with Gasteiger partial charge in [0.25, 0.3) is 0 Å². The number of anilines is 1. The minimum Gasteiger partial charge on any atom is -0.494 e. The Morgan fingerprint density at radius 2 is 1.96 bits per heavy atom. The summed E-state index contributed by atoms with van der Waals surface area (Å²) in [5.74, 6) is 0.744. The van der Waals surface area contributed by atoms with Crippen LogP contribution in [0.2, 0.25) is 0 Å². The van der Waals surface area contributed by atoms with Gasteiger partial charge in [0.1, 0.15) is 11.3 Å². The van der Waals surface area contributed by atoms with Gasteiger partial charge < -0.3 is 15.4 Å². The molecule has 26 heavy (non-hydrogen) atoms. The van der Waals surface area contributed by atoms with Crippen LogP contribution >= 0.6 is 12.2 Å². The van der Waals surface area contributed by atoms with Gasteiger partial charge in [0, 0.05) is 17.3 Å². The first kappa shape index (κ1) is 18.1. The van der Waals surface area contributed by atoms with Gasteiger partial charge in [-0.25, -0.2) is 0 Å². The highest BCUT2D eigenvalue weighted by Gasteiger charge is 2.12. The maximum Gasteiger partial charge on any atom is 0.171 e. The molecule has 4 nitrogen and oxygen atoms in total. The Balaban J connectivity index is 1.80. The van der Waals surface area contributed by atoms with E-state index >= 15 is 0 Å². The number of nitrogens with one attached hydrogen (secondary N) is 2. The highest BCUT2D eigenvalue weighted by Crippen LogP contribution is 2.29. The second-order valence-electron chi connectivity index (χ2n) is 6.40. The summed E-state index contributed by atoms with van der Waals surface area (Å²) in [6.45, 7) is 6.33. The summed E-state index contributed by atoms with van der Waals surface area (Å²) in [7, 11) is 1.65. The molecule has 1 aromatic heterocycles. The Labute approximate surface area is 159 Å². The molecule has 2 N–H and O–H groups in total. The fourth-order valence-corrected chi connectivity index (χ4v) is 3.37. The summed E-state index contributed by atoms with van der Waals surface area (Å²) in [6.07, 6.45) is 1.76. The summed E-state index contributed by atoms with van der Waals surface area (Å²) in [6, 6.07) is 14.3. The van der Waals surface area contributed by atoms with Crippen LogP contribution in [-0.4, -0.2) is 17.2 Å². The van der Waals surface area contributed by atoms with Gasteiger partial charge in [-0.2, -0.15) is 0 Å². The van der Waals surface area contributed by atoms with Crippen molar-refractivity contribution >= 4 is 33.9 Å². The maximum absolute atomic E-state index is 5.54. The van der Waals surface area contributed by atoms with Gasteiger partial charge in [0.2, 0.25) is 0 Å². The van der Waals surface area contributed by atoms with Crippen LogP contribution in [0, 0.1) is 13.8 Å². The summed E-state index contributed by atoms with van der Waals surface area (Å²) in [5, 5.41) is 8.22. The lowest BCUT2D eigenvalue weighted by atomic mass is 10.0. The Kier molecular flexibility index (Phi) is 5.38. The number of aryl methyl sites for hydroxylation is 2. The maximum atomic E-state index is 5.54. The van der Waals surface area contributed by atoms with E-state index in [0.717, 1.165) is 22.3 Å². The van der Waals surface area contributed by atoms with Crippen LogP contribution in [0.4, 0.5) is 5.69 Å². The Bertz CT molecular complexity index is 955. The average Bonchev–Trinajstić information content (AvgIpc) is 2.64. The predicted octanol–water partition coefficient (Wildman–Crippen LogP) is 4.91. The van der Waals surface area contributed by atoms with E-state index in [0.29, 0.717) is 5.11 Å². The van der Waals surface area contributed by atoms with E-state index in [1.807, 2.05) is 24.3 Å². The zero-order valence-corrected chi connectivity index (χ0v) is 16.3. The molecule has 0 aliphatic rings. The SMILES string of the molecule is COc1ccc(NC(=S)N[C@@H](C)c2cc(C)ccc2C)c2cccnc12. The number of thiocarbonyl (C=S) groups is 1. The number of benzene rings is 2. The van der Waals surface area contributed by atoms with Crippen molar-refractivity contribution in [3.8, 4) is 5.75 Å². The molecule has 0 saturated carbocycles. The van der Waals surface area contributed by atoms with Crippen LogP contribution in [0.5, 0.6) is 5.75 Å². The molecular weight excluding hydrogens is 342 g/mol. The van der Waals surface area contributed by atoms with Gasteiger partial charge in [-0.05, 0) is 68.4 Å². The normalized spacial score (nSPS) is 11.8. The van der Waals surface area contributed by atoms with Crippen LogP contribution in [0.3, 0.4) is 0 Å². The third-order valence-corrected chi connectivity index (χ3v) is 4.67. The van der Waals surface area contributed by atoms with Gasteiger partial charge in [-0.15, -0.1) is 0 Å². The van der Waals surface area contributed by atoms with Crippen molar-refractivity contribution in [2.45, 2.75) is 26.8 Å². The lowest BCUT2D eigenvalue weighted by Crippen LogP contribution is -2.31. The number of fused-ring (bicyclic) bond motifs is 1. The van der Waals surface area contributed by atoms with Gasteiger partial charge in [0.05, 0.1) is 13.2 Å². The van der Waals surface area contributed by atoms with E-state index in [4.69, 9.17) is 17.0 Å². The fraction of sp³-hybridized carbons (Fsp3) is 0.238. The second kappa shape index (κ2) is 7.70. The molecule has 0 aliphatic carbocycles. The van der Waals surface area contributed by atoms with Gasteiger partial charge >= 0.3 is 0 Å². The molecule has 0 aliphatic heterocycles. The number of pyridine rings is 1. The largest absolute Gasteiger partial charge is 0.494 e. The van der Waals surface area contributed by atoms with Gasteiger partial charge in [0.15, 0.2) is 5.11 Å². The van der Waals surface area contributed by atoms with E-state index < -0.39 is 0 Å². The molecule has 2 aromatic carbocycles. The lowest BCUT2D eigenvalue weighted by molar-refractivity contribution is 0.419. The first-order valence-electron chi connectivity index (χ1n) is 8.56. The van der Waals surface area contributed by atoms with Gasteiger partial charge in [-0.1, -0.05) is 23.8 Å². The molecule has 1 atom stereocenters. The van der Waals surface area contributed by atoms with Crippen molar-refractivity contribution in [2.75, 3.05) is 12.4 Å². The number of nitrogens with zero attached hydrogens (tertiary/aromatic N) is 1. The monoisotopic (exact) mass is 365 g/mol. The zero-order valence-electron chi connectivity index (χ0n) is 15.5. The topological polar surface area (TPSA) is 46.2 Å². The molecule has 0 fully saturated rings. The summed E-state index contributed by atoms with van der Waals surface area (Å²) >= 11 is 5.54. The molecule has 3 rings (SSSR count). The number of hydrogen-bond donors (Lipinski definition) is 2. The highest BCUT2D eigenvalue weighted by atomic mass is 32.1. The van der Waals surface area contributed by atoms with Crippen molar-refractivity contribution < 1.29 is 4.74 Å². The molecule has 3 aromatic rings. The molecule has 134 valence electrons. The Morgan fingerprint density at radius 1 is 1.15 bits per heavy atom. The van der Waals surface area contributed by atoms with Crippen molar-refractivity contribution in [3.05, 3.63) is 65.4 Å². The minimum atomic E-state index is 0.109. The molecule has 0 bridgehead atoms. The van der Waals surface area contributed by atoms with Crippen LogP contribution in [0.25, 0.3) is 10.9 Å². The van der Waals surface area contributed by atoms with Crippen molar-refractivity contribution in [1.82, 2.24) is 10.3 Å². The highest BCUT2D eigenvalue weighted by molar-refractivity contribution is 7.80. The van der Waals surface area contributed by atoms with Crippen molar-refractivity contribution in [2.24, 2.45) is 0 Å². The summed E-state index contributed by atoms with van der Waals surface area (Å²) in [5.41, 5.74) is 5.45. The van der Waals surface area contributed by atoms with E-state index in [9.17, 15) is 0 Å². The standard InChI is InChI=1S/C21H23N3OS/c1-13-7-8-14(2)17(12-13)15(3)23-21(26)24-18-9-10-19(25-4)20-16(18)6-5-11-22-20/h5-12,15H,1-4H3,(H2,23,24,26)/t15-/m0/s1. The summed E-state index contributed by atoms with van der Waals surface area (Å²) < 4.78 is 5.40. The van der Waals surface area contributed by atoms with E-state index in [-0.39, 0.29) is 6.04 Å². The number of ether oxygens (including phenoxy) is 1. The van der Waals surface area contributed by atoms with Crippen molar-refractivity contribution in [1.29, 1.82) is 0 Å². The third-order valence-electron chi connectivity index (χ3n) is 4.45. The Morgan fingerprint density at radius 3 is 2.73 bits per heavy atom. The van der Waals surface area contributed by atoms with Crippen LogP contribution < -0.4 is 15.4 Å². The average molecular weight is 366 g/mol. The quantitative estimate of drug-likeness (QED) is 0.644. The molecule has 0 radical (unpaired) electrons. The number of rotatable bonds is 4. The third kappa shape index (κ3) is 3.78. The molecular formula is C21H23N3OS. The van der Waals surface area contributed by atoms with Crippen LogP contribution in [-0.2, 0) is 0 Å². The number of hydrogen-bond acceptors (Lipinski definition) is 3. The predicted molar refractivity (Wildman–Crippen MR) is 112 cm³/mol. The van der Waals surface area contributed by atoms with E-state index in [1.54, 1.807) is 13.3 Å². The number of methoxy groups -OCH3 is 1. The molecule has 0 spiro atoms. The van der Waals surface area contributed by atoms with E-state index in [1.165, 1.54) is 16.7 Å². The summed E-state index contributed by atoms with van der Waals surface area (Å²) in [4.78, 5) is 4.42. The van der Waals surface area contributed by atoms with Crippen LogP contribution in [0.1, 0.15) is 29.7 Å². The first-order valence-corrected chi connectivity index (χ1v) is 8.97. The van der Waals surface area contributed by atoms with E-state index in [2.05, 4.69) is 54.6 Å². The van der Waals surface area contributed by atoms with Crippen LogP contribution in [0.15, 0.2) is 48.7 Å². The Hall–Kier alpha value is -2.66. The minimum absolute atomic E-state index is 0.109. The smallest absolute Gasteiger partial charge is 0.171 e.